The van der Waals surface area contributed by atoms with Crippen LogP contribution in [-0.2, 0) is 0 Å². The van der Waals surface area contributed by atoms with Crippen LogP contribution < -0.4 is 0 Å². The van der Waals surface area contributed by atoms with Gasteiger partial charge in [-0.2, -0.15) is 0 Å². The highest BCUT2D eigenvalue weighted by Gasteiger charge is 2.06. The standard InChI is InChI=1S/C14H16/c1-6-12-9-13(7-2)14(8-3)11(5)10(12)4/h6-9H,1-3H2,4-5H3. The van der Waals surface area contributed by atoms with Gasteiger partial charge in [0.15, 0.2) is 0 Å². The fourth-order valence-corrected chi connectivity index (χ4v) is 1.64. The van der Waals surface area contributed by atoms with Gasteiger partial charge in [-0.1, -0.05) is 38.0 Å². The van der Waals surface area contributed by atoms with E-state index in [2.05, 4.69) is 39.7 Å². The zero-order valence-electron chi connectivity index (χ0n) is 8.93. The van der Waals surface area contributed by atoms with Gasteiger partial charge in [-0.3, -0.25) is 0 Å². The quantitative estimate of drug-likeness (QED) is 0.659. The average Bonchev–Trinajstić information content (AvgIpc) is 2.21. The molecular formula is C14H16. The summed E-state index contributed by atoms with van der Waals surface area (Å²) in [6.07, 6.45) is 5.62. The summed E-state index contributed by atoms with van der Waals surface area (Å²) in [5, 5.41) is 0. The summed E-state index contributed by atoms with van der Waals surface area (Å²) in [6, 6.07) is 2.10. The van der Waals surface area contributed by atoms with E-state index in [1.807, 2.05) is 18.2 Å². The van der Waals surface area contributed by atoms with E-state index in [1.165, 1.54) is 22.3 Å². The highest BCUT2D eigenvalue weighted by Crippen LogP contribution is 2.24. The molecular weight excluding hydrogens is 168 g/mol. The molecule has 0 heteroatoms. The minimum atomic E-state index is 1.12. The number of hydrogen-bond acceptors (Lipinski definition) is 0. The molecule has 14 heavy (non-hydrogen) atoms. The molecule has 0 spiro atoms. The third-order valence-corrected chi connectivity index (χ3v) is 2.67. The number of benzene rings is 1. The van der Waals surface area contributed by atoms with Crippen molar-refractivity contribution in [3.63, 3.8) is 0 Å². The molecule has 0 fully saturated rings. The Morgan fingerprint density at radius 2 is 1.43 bits per heavy atom. The van der Waals surface area contributed by atoms with Gasteiger partial charge in [0.1, 0.15) is 0 Å². The number of hydrogen-bond donors (Lipinski definition) is 0. The van der Waals surface area contributed by atoms with Crippen molar-refractivity contribution in [2.24, 2.45) is 0 Å². The Labute approximate surface area is 86.3 Å². The van der Waals surface area contributed by atoms with Crippen molar-refractivity contribution in [3.05, 3.63) is 53.6 Å². The zero-order valence-corrected chi connectivity index (χ0v) is 8.93. The van der Waals surface area contributed by atoms with Gasteiger partial charge in [0, 0.05) is 0 Å². The molecule has 0 aliphatic rings. The monoisotopic (exact) mass is 184 g/mol. The lowest BCUT2D eigenvalue weighted by Crippen LogP contribution is -1.93. The molecule has 0 radical (unpaired) electrons. The molecule has 0 nitrogen and oxygen atoms in total. The van der Waals surface area contributed by atoms with Gasteiger partial charge in [-0.05, 0) is 47.7 Å². The summed E-state index contributed by atoms with van der Waals surface area (Å²) in [4.78, 5) is 0. The molecule has 0 unspecified atom stereocenters. The zero-order chi connectivity index (χ0) is 10.7. The van der Waals surface area contributed by atoms with Gasteiger partial charge < -0.3 is 0 Å². The lowest BCUT2D eigenvalue weighted by atomic mass is 9.93. The third-order valence-electron chi connectivity index (χ3n) is 2.67. The van der Waals surface area contributed by atoms with E-state index in [4.69, 9.17) is 0 Å². The maximum atomic E-state index is 3.82. The van der Waals surface area contributed by atoms with Crippen LogP contribution in [0.15, 0.2) is 25.8 Å². The molecule has 0 aromatic heterocycles. The molecule has 0 saturated heterocycles. The lowest BCUT2D eigenvalue weighted by Gasteiger charge is -2.12. The molecule has 0 heterocycles. The highest BCUT2D eigenvalue weighted by molar-refractivity contribution is 5.72. The molecule has 72 valence electrons. The predicted octanol–water partition coefficient (Wildman–Crippen LogP) is 4.23. The van der Waals surface area contributed by atoms with Crippen LogP contribution in [0.2, 0.25) is 0 Å². The highest BCUT2D eigenvalue weighted by atomic mass is 14.1. The van der Waals surface area contributed by atoms with Crippen LogP contribution in [0.3, 0.4) is 0 Å². The van der Waals surface area contributed by atoms with Crippen LogP contribution in [0.1, 0.15) is 27.8 Å². The van der Waals surface area contributed by atoms with Gasteiger partial charge in [0.05, 0.1) is 0 Å². The lowest BCUT2D eigenvalue weighted by molar-refractivity contribution is 1.30. The summed E-state index contributed by atoms with van der Waals surface area (Å²) in [5.41, 5.74) is 5.98. The second-order valence-corrected chi connectivity index (χ2v) is 3.33. The maximum absolute atomic E-state index is 3.82. The largest absolute Gasteiger partial charge is 0.0985 e. The Morgan fingerprint density at radius 3 is 1.86 bits per heavy atom. The van der Waals surface area contributed by atoms with E-state index in [0.717, 1.165) is 5.56 Å². The van der Waals surface area contributed by atoms with E-state index in [9.17, 15) is 0 Å². The van der Waals surface area contributed by atoms with Crippen LogP contribution in [0.4, 0.5) is 0 Å². The first-order valence-corrected chi connectivity index (χ1v) is 4.67. The van der Waals surface area contributed by atoms with Crippen LogP contribution in [0, 0.1) is 13.8 Å². The SMILES string of the molecule is C=Cc1cc(C=C)c(C=C)c(C)c1C. The topological polar surface area (TPSA) is 0 Å². The second-order valence-electron chi connectivity index (χ2n) is 3.33. The summed E-state index contributed by atoms with van der Waals surface area (Å²) in [7, 11) is 0. The summed E-state index contributed by atoms with van der Waals surface area (Å²) in [6.45, 7) is 15.6. The van der Waals surface area contributed by atoms with Crippen molar-refractivity contribution in [1.82, 2.24) is 0 Å². The van der Waals surface area contributed by atoms with Crippen molar-refractivity contribution in [1.29, 1.82) is 0 Å². The van der Waals surface area contributed by atoms with E-state index in [-0.39, 0.29) is 0 Å². The van der Waals surface area contributed by atoms with E-state index in [0.29, 0.717) is 0 Å². The minimum absolute atomic E-state index is 1.12. The Balaban J connectivity index is 3.61. The Kier molecular flexibility index (Phi) is 3.08. The molecule has 0 atom stereocenters. The molecule has 1 aromatic carbocycles. The second kappa shape index (κ2) is 4.10. The van der Waals surface area contributed by atoms with Crippen LogP contribution in [0.25, 0.3) is 18.2 Å². The van der Waals surface area contributed by atoms with Gasteiger partial charge in [-0.25, -0.2) is 0 Å². The van der Waals surface area contributed by atoms with Crippen molar-refractivity contribution in [3.8, 4) is 0 Å². The van der Waals surface area contributed by atoms with Gasteiger partial charge >= 0.3 is 0 Å². The summed E-state index contributed by atoms with van der Waals surface area (Å²) in [5.74, 6) is 0. The van der Waals surface area contributed by atoms with Crippen LogP contribution in [-0.4, -0.2) is 0 Å². The Hall–Kier alpha value is -1.56. The Morgan fingerprint density at radius 1 is 0.857 bits per heavy atom. The van der Waals surface area contributed by atoms with Crippen LogP contribution >= 0.6 is 0 Å². The molecule has 0 amide bonds. The van der Waals surface area contributed by atoms with Crippen molar-refractivity contribution < 1.29 is 0 Å². The van der Waals surface area contributed by atoms with E-state index >= 15 is 0 Å². The fraction of sp³-hybridized carbons (Fsp3) is 0.143. The summed E-state index contributed by atoms with van der Waals surface area (Å²) < 4.78 is 0. The first-order chi connectivity index (χ1) is 6.65. The maximum Gasteiger partial charge on any atom is -0.0158 e. The van der Waals surface area contributed by atoms with Gasteiger partial charge in [0.2, 0.25) is 0 Å². The average molecular weight is 184 g/mol. The van der Waals surface area contributed by atoms with E-state index < -0.39 is 0 Å². The molecule has 1 aromatic rings. The van der Waals surface area contributed by atoms with Crippen LogP contribution in [0.5, 0.6) is 0 Å². The molecule has 0 N–H and O–H groups in total. The summed E-state index contributed by atoms with van der Waals surface area (Å²) >= 11 is 0. The first-order valence-electron chi connectivity index (χ1n) is 4.67. The predicted molar refractivity (Wildman–Crippen MR) is 66.2 cm³/mol. The Bertz CT molecular complexity index is 395. The van der Waals surface area contributed by atoms with Crippen molar-refractivity contribution in [2.75, 3.05) is 0 Å². The normalized spacial score (nSPS) is 9.57. The molecule has 0 aliphatic heterocycles. The molecule has 0 aliphatic carbocycles. The third kappa shape index (κ3) is 1.56. The fourth-order valence-electron chi connectivity index (χ4n) is 1.64. The van der Waals surface area contributed by atoms with Gasteiger partial charge in [0.25, 0.3) is 0 Å². The van der Waals surface area contributed by atoms with Crippen molar-refractivity contribution in [2.45, 2.75) is 13.8 Å². The number of rotatable bonds is 3. The molecule has 0 saturated carbocycles. The minimum Gasteiger partial charge on any atom is -0.0985 e. The van der Waals surface area contributed by atoms with E-state index in [1.54, 1.807) is 0 Å². The van der Waals surface area contributed by atoms with Crippen molar-refractivity contribution >= 4 is 18.2 Å². The smallest absolute Gasteiger partial charge is 0.0158 e. The first kappa shape index (κ1) is 10.5. The van der Waals surface area contributed by atoms with Gasteiger partial charge in [-0.15, -0.1) is 0 Å². The molecule has 0 bridgehead atoms. The molecule has 1 rings (SSSR count).